The summed E-state index contributed by atoms with van der Waals surface area (Å²) in [6, 6.07) is 0. The van der Waals surface area contributed by atoms with Crippen LogP contribution in [0.25, 0.3) is 0 Å². The predicted octanol–water partition coefficient (Wildman–Crippen LogP) is 2.56. The molecule has 2 atom stereocenters. The van der Waals surface area contributed by atoms with Gasteiger partial charge in [0.05, 0.1) is 0 Å². The van der Waals surface area contributed by atoms with Crippen LogP contribution in [0.4, 0.5) is 0 Å². The number of rotatable bonds is 7. The highest BCUT2D eigenvalue weighted by atomic mass is 16.1. The van der Waals surface area contributed by atoms with E-state index in [2.05, 4.69) is 31.4 Å². The van der Waals surface area contributed by atoms with Crippen molar-refractivity contribution in [2.75, 3.05) is 19.6 Å². The van der Waals surface area contributed by atoms with Crippen LogP contribution in [0.15, 0.2) is 0 Å². The van der Waals surface area contributed by atoms with Crippen molar-refractivity contribution in [3.8, 4) is 0 Å². The molecule has 1 fully saturated rings. The van der Waals surface area contributed by atoms with Gasteiger partial charge in [0.15, 0.2) is 0 Å². The van der Waals surface area contributed by atoms with Crippen molar-refractivity contribution in [3.05, 3.63) is 0 Å². The zero-order valence-electron chi connectivity index (χ0n) is 12.3. The topological polar surface area (TPSA) is 41.1 Å². The molecule has 1 heterocycles. The average molecular weight is 254 g/mol. The van der Waals surface area contributed by atoms with Crippen LogP contribution in [0.1, 0.15) is 52.9 Å². The number of hydrogen-bond acceptors (Lipinski definition) is 2. The van der Waals surface area contributed by atoms with Crippen LogP contribution in [0.2, 0.25) is 0 Å². The number of piperidine rings is 1. The van der Waals surface area contributed by atoms with Gasteiger partial charge in [0.2, 0.25) is 5.91 Å². The van der Waals surface area contributed by atoms with Gasteiger partial charge in [-0.05, 0) is 44.2 Å². The first-order valence-corrected chi connectivity index (χ1v) is 7.67. The Morgan fingerprint density at radius 2 is 2.00 bits per heavy atom. The first-order chi connectivity index (χ1) is 8.69. The summed E-state index contributed by atoms with van der Waals surface area (Å²) < 4.78 is 0. The van der Waals surface area contributed by atoms with Crippen LogP contribution in [-0.2, 0) is 4.79 Å². The van der Waals surface area contributed by atoms with Crippen molar-refractivity contribution >= 4 is 5.91 Å². The lowest BCUT2D eigenvalue weighted by atomic mass is 9.87. The maximum Gasteiger partial charge on any atom is 0.223 e. The third kappa shape index (κ3) is 4.97. The lowest BCUT2D eigenvalue weighted by Crippen LogP contribution is -2.42. The Kier molecular flexibility index (Phi) is 7.33. The predicted molar refractivity (Wildman–Crippen MR) is 76.5 cm³/mol. The first-order valence-electron chi connectivity index (χ1n) is 7.67. The van der Waals surface area contributed by atoms with Crippen molar-refractivity contribution in [1.29, 1.82) is 0 Å². The fraction of sp³-hybridized carbons (Fsp3) is 0.933. The van der Waals surface area contributed by atoms with E-state index >= 15 is 0 Å². The van der Waals surface area contributed by atoms with Crippen LogP contribution in [-0.4, -0.2) is 25.5 Å². The molecule has 0 bridgehead atoms. The third-order valence-corrected chi connectivity index (χ3v) is 4.15. The van der Waals surface area contributed by atoms with Gasteiger partial charge >= 0.3 is 0 Å². The molecule has 1 saturated heterocycles. The van der Waals surface area contributed by atoms with Crippen molar-refractivity contribution in [3.63, 3.8) is 0 Å². The molecule has 0 aliphatic carbocycles. The summed E-state index contributed by atoms with van der Waals surface area (Å²) in [5.41, 5.74) is 0. The van der Waals surface area contributed by atoms with Gasteiger partial charge in [-0.25, -0.2) is 0 Å². The Labute approximate surface area is 112 Å². The van der Waals surface area contributed by atoms with E-state index in [0.29, 0.717) is 11.8 Å². The third-order valence-electron chi connectivity index (χ3n) is 4.15. The van der Waals surface area contributed by atoms with Crippen molar-refractivity contribution in [1.82, 2.24) is 10.6 Å². The van der Waals surface area contributed by atoms with Gasteiger partial charge in [0.1, 0.15) is 0 Å². The second kappa shape index (κ2) is 8.52. The fourth-order valence-electron chi connectivity index (χ4n) is 2.85. The number of hydrogen-bond donors (Lipinski definition) is 2. The number of carbonyl (C=O) groups is 1. The molecule has 0 aromatic rings. The quantitative estimate of drug-likeness (QED) is 0.733. The molecule has 0 spiro atoms. The second-order valence-corrected chi connectivity index (χ2v) is 5.75. The lowest BCUT2D eigenvalue weighted by Gasteiger charge is -2.30. The second-order valence-electron chi connectivity index (χ2n) is 5.75. The van der Waals surface area contributed by atoms with Gasteiger partial charge < -0.3 is 10.6 Å². The van der Waals surface area contributed by atoms with Gasteiger partial charge in [-0.2, -0.15) is 0 Å². The van der Waals surface area contributed by atoms with E-state index in [1.807, 2.05) is 0 Å². The van der Waals surface area contributed by atoms with Crippen LogP contribution in [0.3, 0.4) is 0 Å². The van der Waals surface area contributed by atoms with E-state index in [9.17, 15) is 4.79 Å². The standard InChI is InChI=1S/C15H30N2O/c1-4-6-13(7-5-2)15(18)17-11-14-8-9-16-10-12(14)3/h12-14,16H,4-11H2,1-3H3,(H,17,18). The van der Waals surface area contributed by atoms with E-state index < -0.39 is 0 Å². The minimum absolute atomic E-state index is 0.233. The number of amides is 1. The van der Waals surface area contributed by atoms with Crippen LogP contribution < -0.4 is 10.6 Å². The molecule has 0 aromatic carbocycles. The molecule has 0 saturated carbocycles. The molecule has 0 radical (unpaired) electrons. The van der Waals surface area contributed by atoms with Gasteiger partial charge in [0, 0.05) is 12.5 Å². The molecular formula is C15H30N2O. The van der Waals surface area contributed by atoms with E-state index in [1.165, 1.54) is 6.42 Å². The van der Waals surface area contributed by atoms with Crippen LogP contribution in [0, 0.1) is 17.8 Å². The average Bonchev–Trinajstić information content (AvgIpc) is 2.37. The Balaban J connectivity index is 2.33. The maximum atomic E-state index is 12.1. The monoisotopic (exact) mass is 254 g/mol. The van der Waals surface area contributed by atoms with Crippen molar-refractivity contribution < 1.29 is 4.79 Å². The normalized spacial score (nSPS) is 24.2. The molecule has 1 aliphatic heterocycles. The van der Waals surface area contributed by atoms with E-state index in [1.54, 1.807) is 0 Å². The minimum Gasteiger partial charge on any atom is -0.356 e. The summed E-state index contributed by atoms with van der Waals surface area (Å²) in [6.45, 7) is 9.64. The summed E-state index contributed by atoms with van der Waals surface area (Å²) >= 11 is 0. The maximum absolute atomic E-state index is 12.1. The minimum atomic E-state index is 0.233. The van der Waals surface area contributed by atoms with Gasteiger partial charge in [-0.1, -0.05) is 33.6 Å². The fourth-order valence-corrected chi connectivity index (χ4v) is 2.85. The zero-order chi connectivity index (χ0) is 13.4. The zero-order valence-corrected chi connectivity index (χ0v) is 12.3. The summed E-state index contributed by atoms with van der Waals surface area (Å²) in [5.74, 6) is 1.84. The molecule has 106 valence electrons. The summed E-state index contributed by atoms with van der Waals surface area (Å²) in [7, 11) is 0. The van der Waals surface area contributed by atoms with Crippen LogP contribution in [0.5, 0.6) is 0 Å². The molecule has 0 aromatic heterocycles. The van der Waals surface area contributed by atoms with Gasteiger partial charge in [-0.3, -0.25) is 4.79 Å². The highest BCUT2D eigenvalue weighted by Gasteiger charge is 2.23. The number of carbonyl (C=O) groups excluding carboxylic acids is 1. The van der Waals surface area contributed by atoms with E-state index in [-0.39, 0.29) is 11.8 Å². The van der Waals surface area contributed by atoms with Crippen LogP contribution >= 0.6 is 0 Å². The summed E-state index contributed by atoms with van der Waals surface area (Å²) in [4.78, 5) is 12.1. The molecule has 1 rings (SSSR count). The van der Waals surface area contributed by atoms with Crippen molar-refractivity contribution in [2.45, 2.75) is 52.9 Å². The molecule has 18 heavy (non-hydrogen) atoms. The highest BCUT2D eigenvalue weighted by Crippen LogP contribution is 2.18. The van der Waals surface area contributed by atoms with E-state index in [0.717, 1.165) is 45.3 Å². The smallest absolute Gasteiger partial charge is 0.223 e. The van der Waals surface area contributed by atoms with Gasteiger partial charge in [-0.15, -0.1) is 0 Å². The molecule has 1 aliphatic rings. The molecule has 3 heteroatoms. The Bertz CT molecular complexity index is 237. The highest BCUT2D eigenvalue weighted by molar-refractivity contribution is 5.78. The largest absolute Gasteiger partial charge is 0.356 e. The Hall–Kier alpha value is -0.570. The molecule has 2 unspecified atom stereocenters. The van der Waals surface area contributed by atoms with E-state index in [4.69, 9.17) is 0 Å². The molecular weight excluding hydrogens is 224 g/mol. The summed E-state index contributed by atoms with van der Waals surface area (Å²) in [6.07, 6.45) is 5.44. The molecule has 1 amide bonds. The number of nitrogens with one attached hydrogen (secondary N) is 2. The van der Waals surface area contributed by atoms with Crippen molar-refractivity contribution in [2.24, 2.45) is 17.8 Å². The molecule has 3 nitrogen and oxygen atoms in total. The lowest BCUT2D eigenvalue weighted by molar-refractivity contribution is -0.125. The summed E-state index contributed by atoms with van der Waals surface area (Å²) in [5, 5.41) is 6.59. The van der Waals surface area contributed by atoms with Gasteiger partial charge in [0.25, 0.3) is 0 Å². The first kappa shape index (κ1) is 15.5. The molecule has 2 N–H and O–H groups in total. The Morgan fingerprint density at radius 1 is 1.33 bits per heavy atom. The Morgan fingerprint density at radius 3 is 2.56 bits per heavy atom. The SMILES string of the molecule is CCCC(CCC)C(=O)NCC1CCNCC1C.